The van der Waals surface area contributed by atoms with Crippen molar-refractivity contribution >= 4 is 35.2 Å². The average Bonchev–Trinajstić information content (AvgIpc) is 2.33. The van der Waals surface area contributed by atoms with Gasteiger partial charge in [0.1, 0.15) is 11.1 Å². The van der Waals surface area contributed by atoms with Gasteiger partial charge in [-0.15, -0.1) is 11.8 Å². The zero-order valence-electron chi connectivity index (χ0n) is 10.6. The summed E-state index contributed by atoms with van der Waals surface area (Å²) in [5, 5.41) is 10.9. The van der Waals surface area contributed by atoms with Crippen molar-refractivity contribution in [3.05, 3.63) is 22.8 Å². The summed E-state index contributed by atoms with van der Waals surface area (Å²) in [5.41, 5.74) is -0.992. The normalized spacial score (nSPS) is 12.8. The van der Waals surface area contributed by atoms with Crippen molar-refractivity contribution < 1.29 is 27.9 Å². The van der Waals surface area contributed by atoms with E-state index in [2.05, 4.69) is 10.3 Å². The first kappa shape index (κ1) is 17.6. The third-order valence-electron chi connectivity index (χ3n) is 2.20. The maximum absolute atomic E-state index is 12.4. The molecule has 0 aliphatic carbocycles. The lowest BCUT2D eigenvalue weighted by Crippen LogP contribution is -2.41. The first-order valence-corrected chi connectivity index (χ1v) is 6.83. The number of alkyl halides is 3. The van der Waals surface area contributed by atoms with Gasteiger partial charge in [0, 0.05) is 18.9 Å². The standard InChI is InChI=1S/C11H10ClF3N2O3S/c1-5(18)17-8(10(19)20)4-21-9-7(12)2-6(3-16-9)11(13,14)15/h2-3,8H,4H2,1H3,(H,17,18)(H,19,20)/t8-/m0/s1. The molecule has 10 heteroatoms. The predicted molar refractivity (Wildman–Crippen MR) is 70.2 cm³/mol. The molecule has 2 N–H and O–H groups in total. The van der Waals surface area contributed by atoms with Crippen molar-refractivity contribution in [1.82, 2.24) is 10.3 Å². The zero-order chi connectivity index (χ0) is 16.2. The lowest BCUT2D eigenvalue weighted by molar-refractivity contribution is -0.140. The van der Waals surface area contributed by atoms with E-state index in [1.54, 1.807) is 0 Å². The number of pyridine rings is 1. The van der Waals surface area contributed by atoms with Crippen LogP contribution in [0.5, 0.6) is 0 Å². The number of carboxylic acid groups (broad SMARTS) is 1. The van der Waals surface area contributed by atoms with Gasteiger partial charge in [-0.2, -0.15) is 13.2 Å². The largest absolute Gasteiger partial charge is 0.480 e. The van der Waals surface area contributed by atoms with Gasteiger partial charge in [-0.05, 0) is 6.07 Å². The van der Waals surface area contributed by atoms with Crippen LogP contribution in [0.2, 0.25) is 5.02 Å². The Labute approximate surface area is 126 Å². The van der Waals surface area contributed by atoms with Crippen molar-refractivity contribution in [1.29, 1.82) is 0 Å². The fraction of sp³-hybridized carbons (Fsp3) is 0.364. The molecule has 0 aliphatic heterocycles. The Morgan fingerprint density at radius 2 is 2.14 bits per heavy atom. The summed E-state index contributed by atoms with van der Waals surface area (Å²) >= 11 is 6.52. The molecule has 0 unspecified atom stereocenters. The van der Waals surface area contributed by atoms with E-state index < -0.39 is 29.7 Å². The van der Waals surface area contributed by atoms with Crippen molar-refractivity contribution in [3.8, 4) is 0 Å². The van der Waals surface area contributed by atoms with Crippen LogP contribution in [-0.2, 0) is 15.8 Å². The van der Waals surface area contributed by atoms with Gasteiger partial charge in [0.05, 0.1) is 10.6 Å². The minimum absolute atomic E-state index is 0.0567. The minimum atomic E-state index is -4.56. The number of aliphatic carboxylic acids is 1. The fourth-order valence-electron chi connectivity index (χ4n) is 1.27. The number of aromatic nitrogens is 1. The number of hydrogen-bond donors (Lipinski definition) is 2. The topological polar surface area (TPSA) is 79.3 Å². The smallest absolute Gasteiger partial charge is 0.417 e. The van der Waals surface area contributed by atoms with Gasteiger partial charge in [0.25, 0.3) is 0 Å². The molecule has 1 rings (SSSR count). The highest BCUT2D eigenvalue weighted by atomic mass is 35.5. The van der Waals surface area contributed by atoms with Crippen LogP contribution >= 0.6 is 23.4 Å². The van der Waals surface area contributed by atoms with E-state index in [9.17, 15) is 22.8 Å². The third-order valence-corrected chi connectivity index (χ3v) is 3.70. The average molecular weight is 343 g/mol. The highest BCUT2D eigenvalue weighted by Gasteiger charge is 2.31. The summed E-state index contributed by atoms with van der Waals surface area (Å²) in [6.07, 6.45) is -3.94. The third kappa shape index (κ3) is 5.43. The number of thioether (sulfide) groups is 1. The molecule has 0 radical (unpaired) electrons. The lowest BCUT2D eigenvalue weighted by atomic mass is 10.3. The molecule has 0 saturated carbocycles. The molecule has 116 valence electrons. The molecule has 1 amide bonds. The van der Waals surface area contributed by atoms with Crippen LogP contribution in [0.3, 0.4) is 0 Å². The Morgan fingerprint density at radius 3 is 2.57 bits per heavy atom. The summed E-state index contributed by atoms with van der Waals surface area (Å²) in [6.45, 7) is 1.16. The number of carbonyl (C=O) groups is 2. The molecule has 0 aliphatic rings. The minimum Gasteiger partial charge on any atom is -0.480 e. The van der Waals surface area contributed by atoms with E-state index in [1.807, 2.05) is 0 Å². The highest BCUT2D eigenvalue weighted by molar-refractivity contribution is 7.99. The Bertz CT molecular complexity index is 554. The molecule has 5 nitrogen and oxygen atoms in total. The number of rotatable bonds is 5. The second kappa shape index (κ2) is 6.99. The van der Waals surface area contributed by atoms with Crippen LogP contribution in [0.4, 0.5) is 13.2 Å². The maximum Gasteiger partial charge on any atom is 0.417 e. The van der Waals surface area contributed by atoms with Gasteiger partial charge in [-0.25, -0.2) is 9.78 Å². The quantitative estimate of drug-likeness (QED) is 0.803. The van der Waals surface area contributed by atoms with Gasteiger partial charge in [-0.3, -0.25) is 4.79 Å². The van der Waals surface area contributed by atoms with Gasteiger partial charge in [0.2, 0.25) is 5.91 Å². The molecule has 1 aromatic heterocycles. The van der Waals surface area contributed by atoms with Gasteiger partial charge < -0.3 is 10.4 Å². The molecule has 21 heavy (non-hydrogen) atoms. The SMILES string of the molecule is CC(=O)N[C@@H](CSc1ncc(C(F)(F)F)cc1Cl)C(=O)O. The number of nitrogens with one attached hydrogen (secondary N) is 1. The Balaban J connectivity index is 2.79. The highest BCUT2D eigenvalue weighted by Crippen LogP contribution is 2.33. The molecule has 0 saturated heterocycles. The molecule has 1 atom stereocenters. The first-order valence-electron chi connectivity index (χ1n) is 5.46. The van der Waals surface area contributed by atoms with E-state index in [0.29, 0.717) is 12.3 Å². The van der Waals surface area contributed by atoms with E-state index in [-0.39, 0.29) is 15.8 Å². The summed E-state index contributed by atoms with van der Waals surface area (Å²) in [5.74, 6) is -1.91. The van der Waals surface area contributed by atoms with Crippen molar-refractivity contribution in [2.45, 2.75) is 24.2 Å². The van der Waals surface area contributed by atoms with Crippen LogP contribution < -0.4 is 5.32 Å². The van der Waals surface area contributed by atoms with Gasteiger partial charge in [-0.1, -0.05) is 11.6 Å². The van der Waals surface area contributed by atoms with Crippen LogP contribution in [0.25, 0.3) is 0 Å². The van der Waals surface area contributed by atoms with Crippen LogP contribution in [0, 0.1) is 0 Å². The monoisotopic (exact) mass is 342 g/mol. The number of carbonyl (C=O) groups excluding carboxylic acids is 1. The summed E-state index contributed by atoms with van der Waals surface area (Å²) in [7, 11) is 0. The number of halogens is 4. The molecule has 1 heterocycles. The molecule has 0 bridgehead atoms. The first-order chi connectivity index (χ1) is 9.61. The fourth-order valence-corrected chi connectivity index (χ4v) is 2.47. The lowest BCUT2D eigenvalue weighted by Gasteiger charge is -2.13. The van der Waals surface area contributed by atoms with Crippen LogP contribution in [0.1, 0.15) is 12.5 Å². The summed E-state index contributed by atoms with van der Waals surface area (Å²) in [6, 6.07) is -0.474. The van der Waals surface area contributed by atoms with E-state index in [1.165, 1.54) is 0 Å². The molecule has 0 spiro atoms. The summed E-state index contributed by atoms with van der Waals surface area (Å²) < 4.78 is 37.3. The Kier molecular flexibility index (Phi) is 5.85. The molecule has 1 aromatic rings. The van der Waals surface area contributed by atoms with Crippen molar-refractivity contribution in [2.24, 2.45) is 0 Å². The zero-order valence-corrected chi connectivity index (χ0v) is 12.1. The van der Waals surface area contributed by atoms with Crippen LogP contribution in [-0.4, -0.2) is 33.8 Å². The summed E-state index contributed by atoms with van der Waals surface area (Å²) in [4.78, 5) is 25.3. The van der Waals surface area contributed by atoms with Gasteiger partial charge in [0.15, 0.2) is 0 Å². The second-order valence-corrected chi connectivity index (χ2v) is 5.33. The van der Waals surface area contributed by atoms with Crippen LogP contribution in [0.15, 0.2) is 17.3 Å². The van der Waals surface area contributed by atoms with E-state index in [0.717, 1.165) is 18.7 Å². The van der Waals surface area contributed by atoms with Crippen molar-refractivity contribution in [2.75, 3.05) is 5.75 Å². The van der Waals surface area contributed by atoms with Crippen molar-refractivity contribution in [3.63, 3.8) is 0 Å². The molecular weight excluding hydrogens is 333 g/mol. The second-order valence-electron chi connectivity index (χ2n) is 3.91. The predicted octanol–water partition coefficient (Wildman–Crippen LogP) is 2.44. The number of hydrogen-bond acceptors (Lipinski definition) is 4. The Morgan fingerprint density at radius 1 is 1.52 bits per heavy atom. The Hall–Kier alpha value is -1.48. The van der Waals surface area contributed by atoms with Gasteiger partial charge >= 0.3 is 12.1 Å². The maximum atomic E-state index is 12.4. The molecule has 0 aromatic carbocycles. The van der Waals surface area contributed by atoms with E-state index >= 15 is 0 Å². The van der Waals surface area contributed by atoms with E-state index in [4.69, 9.17) is 16.7 Å². The molecular formula is C11H10ClF3N2O3S. The number of nitrogens with zero attached hydrogens (tertiary/aromatic N) is 1. The number of amides is 1. The number of carboxylic acids is 1. The molecule has 0 fully saturated rings.